The van der Waals surface area contributed by atoms with E-state index >= 15 is 0 Å². The van der Waals surface area contributed by atoms with Crippen molar-refractivity contribution in [3.05, 3.63) is 212 Å². The van der Waals surface area contributed by atoms with E-state index < -0.39 is 0 Å². The zero-order valence-electron chi connectivity index (χ0n) is 34.3. The molecule has 5 heteroatoms. The summed E-state index contributed by atoms with van der Waals surface area (Å²) in [5.74, 6) is 2.39. The predicted molar refractivity (Wildman–Crippen MR) is 251 cm³/mol. The Balaban J connectivity index is 1.07. The van der Waals surface area contributed by atoms with Crippen molar-refractivity contribution in [2.75, 3.05) is 0 Å². The average Bonchev–Trinajstić information content (AvgIpc) is 3.85. The highest BCUT2D eigenvalue weighted by atomic mass is 16.5. The van der Waals surface area contributed by atoms with Crippen LogP contribution >= 0.6 is 0 Å². The van der Waals surface area contributed by atoms with Crippen LogP contribution in [0, 0.1) is 0 Å². The summed E-state index contributed by atoms with van der Waals surface area (Å²) in [5.41, 5.74) is 12.4. The molecule has 0 saturated heterocycles. The van der Waals surface area contributed by atoms with E-state index in [9.17, 15) is 0 Å². The van der Waals surface area contributed by atoms with Gasteiger partial charge in [0.25, 0.3) is 6.33 Å². The van der Waals surface area contributed by atoms with E-state index in [1.165, 1.54) is 21.7 Å². The zero-order valence-corrected chi connectivity index (χ0v) is 34.3. The molecule has 0 saturated carbocycles. The highest BCUT2D eigenvalue weighted by Crippen LogP contribution is 2.38. The Hall–Kier alpha value is -7.76. The largest absolute Gasteiger partial charge is 0.457 e. The highest BCUT2D eigenvalue weighted by molar-refractivity contribution is 6.09. The molecule has 11 rings (SSSR count). The Labute approximate surface area is 355 Å². The number of hydrogen-bond donors (Lipinski definition) is 0. The van der Waals surface area contributed by atoms with Gasteiger partial charge in [-0.05, 0) is 88.2 Å². The van der Waals surface area contributed by atoms with Crippen molar-refractivity contribution in [2.45, 2.75) is 26.2 Å². The van der Waals surface area contributed by atoms with Gasteiger partial charge in [0.15, 0.2) is 11.0 Å². The van der Waals surface area contributed by atoms with E-state index in [0.29, 0.717) is 0 Å². The summed E-state index contributed by atoms with van der Waals surface area (Å²) in [5, 5.41) is 4.70. The molecule has 0 N–H and O–H groups in total. The van der Waals surface area contributed by atoms with Crippen molar-refractivity contribution >= 4 is 43.6 Å². The maximum absolute atomic E-state index is 6.79. The van der Waals surface area contributed by atoms with Crippen molar-refractivity contribution in [1.82, 2.24) is 14.1 Å². The summed E-state index contributed by atoms with van der Waals surface area (Å²) in [6.45, 7) is 6.71. The standard InChI is InChI=1S/C56H43N4O/c1-56(2,3)41-32-33-57-53(34-41)60-50-27-13-12-24-48(50)49-30-29-44(36-52(49)60)61-43-22-14-21-42(35-43)58-37-59(55-47-23-11-10-20-40(47)28-31-51(55)58)54-45(38-16-6-4-7-17-38)25-15-26-46(54)39-18-8-5-9-19-39/h4-37H,1-3H3/q+1. The minimum atomic E-state index is -0.0113. The first-order valence-corrected chi connectivity index (χ1v) is 20.9. The van der Waals surface area contributed by atoms with E-state index in [0.717, 1.165) is 78.4 Å². The van der Waals surface area contributed by atoms with Crippen LogP contribution in [0.15, 0.2) is 207 Å². The van der Waals surface area contributed by atoms with Gasteiger partial charge >= 0.3 is 0 Å². The molecule has 0 spiro atoms. The molecule has 0 aliphatic carbocycles. The van der Waals surface area contributed by atoms with E-state index in [4.69, 9.17) is 9.72 Å². The van der Waals surface area contributed by atoms with Crippen LogP contribution < -0.4 is 9.30 Å². The minimum Gasteiger partial charge on any atom is -0.457 e. The molecule has 8 aromatic carbocycles. The van der Waals surface area contributed by atoms with Gasteiger partial charge in [-0.1, -0.05) is 142 Å². The number of rotatable bonds is 7. The number of hydrogen-bond acceptors (Lipinski definition) is 2. The smallest absolute Gasteiger partial charge is 0.255 e. The Bertz CT molecular complexity index is 3370. The quantitative estimate of drug-likeness (QED) is 0.151. The third-order valence-corrected chi connectivity index (χ3v) is 11.9. The fraction of sp³-hybridized carbons (Fsp3) is 0.0714. The Kier molecular flexibility index (Phi) is 8.64. The van der Waals surface area contributed by atoms with Gasteiger partial charge in [0, 0.05) is 45.6 Å². The number of benzene rings is 8. The van der Waals surface area contributed by atoms with Gasteiger partial charge in [-0.2, -0.15) is 9.13 Å². The van der Waals surface area contributed by atoms with Crippen molar-refractivity contribution in [2.24, 2.45) is 0 Å². The molecule has 292 valence electrons. The molecule has 0 atom stereocenters. The molecule has 0 radical (unpaired) electrons. The van der Waals surface area contributed by atoms with Crippen molar-refractivity contribution in [3.63, 3.8) is 0 Å². The summed E-state index contributed by atoms with van der Waals surface area (Å²) in [6.07, 6.45) is 4.16. The number of imidazole rings is 1. The molecule has 0 aliphatic heterocycles. The van der Waals surface area contributed by atoms with Gasteiger partial charge in [-0.25, -0.2) is 4.98 Å². The molecule has 0 fully saturated rings. The molecule has 3 aromatic heterocycles. The molecule has 3 heterocycles. The first-order valence-electron chi connectivity index (χ1n) is 20.9. The summed E-state index contributed by atoms with van der Waals surface area (Å²) in [7, 11) is 0. The Morgan fingerprint density at radius 3 is 1.92 bits per heavy atom. The maximum atomic E-state index is 6.79. The molecule has 0 bridgehead atoms. The maximum Gasteiger partial charge on any atom is 0.255 e. The van der Waals surface area contributed by atoms with E-state index in [1.807, 2.05) is 12.3 Å². The van der Waals surface area contributed by atoms with E-state index in [-0.39, 0.29) is 5.41 Å². The lowest BCUT2D eigenvalue weighted by atomic mass is 9.88. The van der Waals surface area contributed by atoms with Gasteiger partial charge in [0.2, 0.25) is 0 Å². The predicted octanol–water partition coefficient (Wildman–Crippen LogP) is 14.0. The zero-order chi connectivity index (χ0) is 41.1. The van der Waals surface area contributed by atoms with E-state index in [1.54, 1.807) is 0 Å². The van der Waals surface area contributed by atoms with Crippen molar-refractivity contribution < 1.29 is 9.30 Å². The van der Waals surface area contributed by atoms with Gasteiger partial charge in [0.1, 0.15) is 28.7 Å². The molecular weight excluding hydrogens is 745 g/mol. The highest BCUT2D eigenvalue weighted by Gasteiger charge is 2.27. The lowest BCUT2D eigenvalue weighted by molar-refractivity contribution is -0.565. The lowest BCUT2D eigenvalue weighted by Crippen LogP contribution is -2.31. The number of ether oxygens (including phenoxy) is 1. The number of aromatic nitrogens is 4. The molecule has 5 nitrogen and oxygen atoms in total. The third kappa shape index (κ3) is 6.34. The van der Waals surface area contributed by atoms with Crippen LogP contribution in [0.3, 0.4) is 0 Å². The number of nitrogens with zero attached hydrogens (tertiary/aromatic N) is 4. The number of para-hydroxylation sites is 2. The fourth-order valence-electron chi connectivity index (χ4n) is 8.91. The summed E-state index contributed by atoms with van der Waals surface area (Å²) >= 11 is 0. The minimum absolute atomic E-state index is 0.0113. The molecule has 11 aromatic rings. The second-order valence-electron chi connectivity index (χ2n) is 16.7. The average molecular weight is 788 g/mol. The molecular formula is C56H43N4O+. The summed E-state index contributed by atoms with van der Waals surface area (Å²) in [6, 6.07) is 68.8. The second kappa shape index (κ2) is 14.5. The molecule has 0 unspecified atom stereocenters. The first kappa shape index (κ1) is 36.3. The van der Waals surface area contributed by atoms with Crippen molar-refractivity contribution in [3.8, 4) is 50.9 Å². The Morgan fingerprint density at radius 2 is 1.16 bits per heavy atom. The van der Waals surface area contributed by atoms with Gasteiger partial charge in [-0.3, -0.25) is 4.57 Å². The molecule has 61 heavy (non-hydrogen) atoms. The van der Waals surface area contributed by atoms with Crippen molar-refractivity contribution in [1.29, 1.82) is 0 Å². The molecule has 0 aliphatic rings. The summed E-state index contributed by atoms with van der Waals surface area (Å²) < 4.78 is 13.7. The van der Waals surface area contributed by atoms with Gasteiger partial charge < -0.3 is 4.74 Å². The number of pyridine rings is 1. The van der Waals surface area contributed by atoms with E-state index in [2.05, 4.69) is 229 Å². The fourth-order valence-corrected chi connectivity index (χ4v) is 8.91. The topological polar surface area (TPSA) is 35.9 Å². The third-order valence-electron chi connectivity index (χ3n) is 11.9. The second-order valence-corrected chi connectivity index (χ2v) is 16.7. The van der Waals surface area contributed by atoms with Crippen LogP contribution in [-0.2, 0) is 5.41 Å². The SMILES string of the molecule is CC(C)(C)c1ccnc(-n2c3ccccc3c3ccc(Oc4cccc(-n5c[n+](-c6c(-c7ccccc7)cccc6-c6ccccc6)c6c7ccccc7ccc65)c4)cc32)c1. The van der Waals surface area contributed by atoms with Crippen LogP contribution in [0.4, 0.5) is 0 Å². The van der Waals surface area contributed by atoms with Gasteiger partial charge in [-0.15, -0.1) is 0 Å². The van der Waals surface area contributed by atoms with Crippen LogP contribution in [-0.4, -0.2) is 14.1 Å². The lowest BCUT2D eigenvalue weighted by Gasteiger charge is -2.20. The Morgan fingerprint density at radius 1 is 0.508 bits per heavy atom. The number of fused-ring (bicyclic) bond motifs is 6. The summed E-state index contributed by atoms with van der Waals surface area (Å²) in [4.78, 5) is 4.88. The van der Waals surface area contributed by atoms with Crippen LogP contribution in [0.2, 0.25) is 0 Å². The normalized spacial score (nSPS) is 11.9. The van der Waals surface area contributed by atoms with Crippen LogP contribution in [0.1, 0.15) is 26.3 Å². The van der Waals surface area contributed by atoms with Crippen LogP contribution in [0.25, 0.3) is 83.1 Å². The van der Waals surface area contributed by atoms with Gasteiger partial charge in [0.05, 0.1) is 11.0 Å². The monoisotopic (exact) mass is 787 g/mol. The first-order chi connectivity index (χ1) is 29.9. The molecule has 0 amide bonds. The van der Waals surface area contributed by atoms with Crippen LogP contribution in [0.5, 0.6) is 11.5 Å².